The van der Waals surface area contributed by atoms with E-state index in [1.807, 2.05) is 0 Å². The molecule has 27 heavy (non-hydrogen) atoms. The Morgan fingerprint density at radius 3 is 2.59 bits per heavy atom. The van der Waals surface area contributed by atoms with Gasteiger partial charge in [0, 0.05) is 17.3 Å². The number of halogens is 3. The summed E-state index contributed by atoms with van der Waals surface area (Å²) in [5.74, 6) is -2.75. The number of carbonyl (C=O) groups is 1. The van der Waals surface area contributed by atoms with Gasteiger partial charge in [-0.1, -0.05) is 29.8 Å². The van der Waals surface area contributed by atoms with Gasteiger partial charge in [0.1, 0.15) is 17.2 Å². The lowest BCUT2D eigenvalue weighted by Crippen LogP contribution is -2.39. The summed E-state index contributed by atoms with van der Waals surface area (Å²) in [4.78, 5) is 39.2. The predicted molar refractivity (Wildman–Crippen MR) is 96.2 cm³/mol. The van der Waals surface area contributed by atoms with E-state index in [2.05, 4.69) is 10.3 Å². The van der Waals surface area contributed by atoms with Gasteiger partial charge in [-0.25, -0.2) is 13.6 Å². The molecule has 138 valence electrons. The summed E-state index contributed by atoms with van der Waals surface area (Å²) in [6.07, 6.45) is 0.935. The van der Waals surface area contributed by atoms with Crippen LogP contribution >= 0.6 is 11.6 Å². The largest absolute Gasteiger partial charge is 0.328 e. The highest BCUT2D eigenvalue weighted by molar-refractivity contribution is 6.31. The molecule has 0 saturated heterocycles. The lowest BCUT2D eigenvalue weighted by Gasteiger charge is -2.09. The maximum absolute atomic E-state index is 13.7. The molecule has 1 amide bonds. The van der Waals surface area contributed by atoms with Crippen LogP contribution in [0.4, 0.5) is 14.5 Å². The van der Waals surface area contributed by atoms with E-state index in [9.17, 15) is 23.2 Å². The van der Waals surface area contributed by atoms with Crippen LogP contribution in [0.15, 0.2) is 58.3 Å². The Morgan fingerprint density at radius 1 is 1.15 bits per heavy atom. The van der Waals surface area contributed by atoms with Crippen molar-refractivity contribution in [1.29, 1.82) is 0 Å². The van der Waals surface area contributed by atoms with Crippen LogP contribution in [0, 0.1) is 11.6 Å². The Labute approximate surface area is 156 Å². The average molecular weight is 392 g/mol. The van der Waals surface area contributed by atoms with Crippen LogP contribution in [-0.4, -0.2) is 15.5 Å². The van der Waals surface area contributed by atoms with Crippen LogP contribution in [0.25, 0.3) is 0 Å². The number of hydrogen-bond donors (Lipinski definition) is 2. The van der Waals surface area contributed by atoms with Crippen molar-refractivity contribution in [1.82, 2.24) is 9.55 Å². The van der Waals surface area contributed by atoms with E-state index < -0.39 is 34.4 Å². The SMILES string of the molecule is O=C(Nc1ccc(F)cc1F)c1c[nH]c(=O)n(Cc2ccccc2Cl)c1=O. The van der Waals surface area contributed by atoms with Gasteiger partial charge in [-0.3, -0.25) is 14.2 Å². The lowest BCUT2D eigenvalue weighted by atomic mass is 10.2. The number of amides is 1. The molecular weight excluding hydrogens is 380 g/mol. The molecule has 0 atom stereocenters. The molecule has 1 aromatic heterocycles. The Bertz CT molecular complexity index is 1140. The van der Waals surface area contributed by atoms with Gasteiger partial charge in [0.2, 0.25) is 0 Å². The van der Waals surface area contributed by atoms with E-state index in [-0.39, 0.29) is 12.2 Å². The molecule has 2 aromatic carbocycles. The zero-order chi connectivity index (χ0) is 19.6. The minimum Gasteiger partial charge on any atom is -0.319 e. The highest BCUT2D eigenvalue weighted by atomic mass is 35.5. The minimum atomic E-state index is -0.996. The molecule has 0 radical (unpaired) electrons. The third-order valence-electron chi connectivity index (χ3n) is 3.77. The quantitative estimate of drug-likeness (QED) is 0.717. The molecule has 0 saturated carbocycles. The van der Waals surface area contributed by atoms with Crippen LogP contribution in [0.1, 0.15) is 15.9 Å². The van der Waals surface area contributed by atoms with E-state index in [1.165, 1.54) is 0 Å². The number of hydrogen-bond acceptors (Lipinski definition) is 3. The number of aromatic nitrogens is 2. The Hall–Kier alpha value is -3.26. The second kappa shape index (κ2) is 7.55. The van der Waals surface area contributed by atoms with Crippen molar-refractivity contribution in [2.75, 3.05) is 5.32 Å². The van der Waals surface area contributed by atoms with E-state index in [4.69, 9.17) is 11.6 Å². The first-order valence-electron chi connectivity index (χ1n) is 7.69. The number of anilines is 1. The van der Waals surface area contributed by atoms with Gasteiger partial charge in [-0.2, -0.15) is 0 Å². The number of rotatable bonds is 4. The van der Waals surface area contributed by atoms with E-state index >= 15 is 0 Å². The van der Waals surface area contributed by atoms with Crippen molar-refractivity contribution in [2.24, 2.45) is 0 Å². The van der Waals surface area contributed by atoms with Crippen molar-refractivity contribution in [3.8, 4) is 0 Å². The minimum absolute atomic E-state index is 0.153. The van der Waals surface area contributed by atoms with Gasteiger partial charge < -0.3 is 10.3 Å². The number of nitrogens with zero attached hydrogens (tertiary/aromatic N) is 1. The lowest BCUT2D eigenvalue weighted by molar-refractivity contribution is 0.102. The number of aromatic amines is 1. The number of nitrogens with one attached hydrogen (secondary N) is 2. The highest BCUT2D eigenvalue weighted by Crippen LogP contribution is 2.16. The third kappa shape index (κ3) is 3.95. The molecule has 0 unspecified atom stereocenters. The number of H-pyrrole nitrogens is 1. The molecule has 3 rings (SSSR count). The van der Waals surface area contributed by atoms with Crippen LogP contribution in [0.3, 0.4) is 0 Å². The first kappa shape index (κ1) is 18.5. The Balaban J connectivity index is 1.95. The molecule has 0 fully saturated rings. The van der Waals surface area contributed by atoms with Gasteiger partial charge >= 0.3 is 5.69 Å². The zero-order valence-corrected chi connectivity index (χ0v) is 14.4. The topological polar surface area (TPSA) is 84.0 Å². The molecule has 0 aliphatic heterocycles. The van der Waals surface area contributed by atoms with Crippen LogP contribution in [0.5, 0.6) is 0 Å². The summed E-state index contributed by atoms with van der Waals surface area (Å²) in [5, 5.41) is 2.53. The fourth-order valence-electron chi connectivity index (χ4n) is 2.39. The van der Waals surface area contributed by atoms with Gasteiger partial charge in [-0.05, 0) is 23.8 Å². The smallest absolute Gasteiger partial charge is 0.319 e. The van der Waals surface area contributed by atoms with Crippen LogP contribution < -0.4 is 16.6 Å². The Morgan fingerprint density at radius 2 is 1.89 bits per heavy atom. The molecule has 1 heterocycles. The van der Waals surface area contributed by atoms with E-state index in [1.54, 1.807) is 24.3 Å². The van der Waals surface area contributed by atoms with Crippen molar-refractivity contribution in [3.05, 3.63) is 97.3 Å². The van der Waals surface area contributed by atoms with Crippen molar-refractivity contribution in [2.45, 2.75) is 6.54 Å². The van der Waals surface area contributed by atoms with Gasteiger partial charge in [0.15, 0.2) is 0 Å². The molecule has 6 nitrogen and oxygen atoms in total. The summed E-state index contributed by atoms with van der Waals surface area (Å²) in [5.41, 5.74) is -1.81. The molecular formula is C18H12ClF2N3O3. The van der Waals surface area contributed by atoms with Gasteiger partial charge in [0.25, 0.3) is 11.5 Å². The number of carbonyl (C=O) groups excluding carboxylic acids is 1. The maximum Gasteiger partial charge on any atom is 0.328 e. The van der Waals surface area contributed by atoms with E-state index in [0.717, 1.165) is 22.9 Å². The first-order chi connectivity index (χ1) is 12.9. The summed E-state index contributed by atoms with van der Waals surface area (Å²) in [6.45, 7) is -0.153. The van der Waals surface area contributed by atoms with Gasteiger partial charge in [0.05, 0.1) is 12.2 Å². The normalized spacial score (nSPS) is 10.6. The van der Waals surface area contributed by atoms with Crippen LogP contribution in [0.2, 0.25) is 5.02 Å². The van der Waals surface area contributed by atoms with E-state index in [0.29, 0.717) is 16.7 Å². The molecule has 9 heteroatoms. The monoisotopic (exact) mass is 391 g/mol. The van der Waals surface area contributed by atoms with Crippen LogP contribution in [-0.2, 0) is 6.54 Å². The van der Waals surface area contributed by atoms with Crippen molar-refractivity contribution < 1.29 is 13.6 Å². The molecule has 0 aliphatic carbocycles. The average Bonchev–Trinajstić information content (AvgIpc) is 2.62. The molecule has 2 N–H and O–H groups in total. The fourth-order valence-corrected chi connectivity index (χ4v) is 2.59. The number of benzene rings is 2. The second-order valence-electron chi connectivity index (χ2n) is 5.57. The zero-order valence-electron chi connectivity index (χ0n) is 13.6. The third-order valence-corrected chi connectivity index (χ3v) is 4.14. The summed E-state index contributed by atoms with van der Waals surface area (Å²) >= 11 is 6.04. The summed E-state index contributed by atoms with van der Waals surface area (Å²) in [7, 11) is 0. The van der Waals surface area contributed by atoms with Crippen molar-refractivity contribution >= 4 is 23.2 Å². The Kier molecular flexibility index (Phi) is 5.18. The van der Waals surface area contributed by atoms with Crippen molar-refractivity contribution in [3.63, 3.8) is 0 Å². The maximum atomic E-state index is 13.7. The summed E-state index contributed by atoms with van der Waals surface area (Å²) < 4.78 is 27.4. The molecule has 0 aliphatic rings. The molecule has 0 spiro atoms. The highest BCUT2D eigenvalue weighted by Gasteiger charge is 2.17. The summed E-state index contributed by atoms with van der Waals surface area (Å²) in [6, 6.07) is 9.20. The first-order valence-corrected chi connectivity index (χ1v) is 8.07. The molecule has 3 aromatic rings. The fraction of sp³-hybridized carbons (Fsp3) is 0.0556. The second-order valence-corrected chi connectivity index (χ2v) is 5.98. The predicted octanol–water partition coefficient (Wildman–Crippen LogP) is 2.77. The van der Waals surface area contributed by atoms with Gasteiger partial charge in [-0.15, -0.1) is 0 Å². The standard InChI is InChI=1S/C18H12ClF2N3O3/c19-13-4-2-1-3-10(13)9-24-17(26)12(8-22-18(24)27)16(25)23-15-6-5-11(20)7-14(15)21/h1-8H,9H2,(H,22,27)(H,23,25). The molecule has 0 bridgehead atoms.